The highest BCUT2D eigenvalue weighted by Crippen LogP contribution is 2.26. The number of hydrogen-bond donors (Lipinski definition) is 1. The Morgan fingerprint density at radius 1 is 1.24 bits per heavy atom. The van der Waals surface area contributed by atoms with Crippen LogP contribution < -0.4 is 0 Å². The molecule has 3 aromatic rings. The lowest BCUT2D eigenvalue weighted by Gasteiger charge is -2.09. The van der Waals surface area contributed by atoms with Crippen LogP contribution in [0, 0.1) is 5.92 Å². The predicted octanol–water partition coefficient (Wildman–Crippen LogP) is 2.21. The van der Waals surface area contributed by atoms with E-state index in [4.69, 9.17) is 5.11 Å². The van der Waals surface area contributed by atoms with Crippen molar-refractivity contribution >= 4 is 16.7 Å². The van der Waals surface area contributed by atoms with Gasteiger partial charge in [-0.15, -0.1) is 5.10 Å². The molecule has 106 valence electrons. The summed E-state index contributed by atoms with van der Waals surface area (Å²) >= 11 is 0. The molecule has 6 heteroatoms. The molecular weight excluding hydrogens is 268 g/mol. The van der Waals surface area contributed by atoms with Gasteiger partial charge in [0.1, 0.15) is 0 Å². The van der Waals surface area contributed by atoms with Crippen LogP contribution in [0.5, 0.6) is 0 Å². The molecule has 3 rings (SSSR count). The van der Waals surface area contributed by atoms with E-state index in [1.165, 1.54) is 0 Å². The fraction of sp³-hybridized carbons (Fsp3) is 0.200. The van der Waals surface area contributed by atoms with Gasteiger partial charge < -0.3 is 5.11 Å². The largest absolute Gasteiger partial charge is 0.481 e. The maximum absolute atomic E-state index is 11.0. The smallest absolute Gasteiger partial charge is 0.308 e. The summed E-state index contributed by atoms with van der Waals surface area (Å²) in [7, 11) is 0. The van der Waals surface area contributed by atoms with Crippen LogP contribution in [0.1, 0.15) is 6.92 Å². The van der Waals surface area contributed by atoms with Crippen molar-refractivity contribution in [1.82, 2.24) is 20.2 Å². The highest BCUT2D eigenvalue weighted by atomic mass is 16.4. The van der Waals surface area contributed by atoms with Gasteiger partial charge in [-0.05, 0) is 21.2 Å². The third-order valence-electron chi connectivity index (χ3n) is 3.43. The van der Waals surface area contributed by atoms with E-state index in [1.54, 1.807) is 11.6 Å². The van der Waals surface area contributed by atoms with Crippen molar-refractivity contribution in [3.63, 3.8) is 0 Å². The molecule has 0 fully saturated rings. The number of carbonyl (C=O) groups is 1. The van der Waals surface area contributed by atoms with Crippen molar-refractivity contribution in [3.8, 4) is 11.4 Å². The number of carboxylic acids is 1. The van der Waals surface area contributed by atoms with Gasteiger partial charge in [0, 0.05) is 5.56 Å². The molecule has 0 amide bonds. The zero-order chi connectivity index (χ0) is 14.8. The maximum Gasteiger partial charge on any atom is 0.308 e. The van der Waals surface area contributed by atoms with E-state index in [2.05, 4.69) is 15.5 Å². The maximum atomic E-state index is 11.0. The van der Waals surface area contributed by atoms with E-state index in [1.807, 2.05) is 42.5 Å². The Kier molecular flexibility index (Phi) is 3.35. The normalized spacial score (nSPS) is 12.4. The summed E-state index contributed by atoms with van der Waals surface area (Å²) in [6.07, 6.45) is 0. The lowest BCUT2D eigenvalue weighted by Crippen LogP contribution is -2.18. The number of nitrogens with zero attached hydrogens (tertiary/aromatic N) is 4. The van der Waals surface area contributed by atoms with Crippen LogP contribution in [0.4, 0.5) is 0 Å². The summed E-state index contributed by atoms with van der Waals surface area (Å²) in [6.45, 7) is 1.87. The highest BCUT2D eigenvalue weighted by molar-refractivity contribution is 5.95. The Balaban J connectivity index is 2.08. The first kappa shape index (κ1) is 13.2. The number of aromatic nitrogens is 4. The van der Waals surface area contributed by atoms with Crippen molar-refractivity contribution in [2.24, 2.45) is 5.92 Å². The molecule has 0 aliphatic heterocycles. The van der Waals surface area contributed by atoms with Crippen LogP contribution in [-0.2, 0) is 11.3 Å². The monoisotopic (exact) mass is 282 g/mol. The van der Waals surface area contributed by atoms with Crippen molar-refractivity contribution < 1.29 is 9.90 Å². The van der Waals surface area contributed by atoms with Gasteiger partial charge in [0.25, 0.3) is 0 Å². The average molecular weight is 282 g/mol. The van der Waals surface area contributed by atoms with Gasteiger partial charge in [0.05, 0.1) is 12.5 Å². The van der Waals surface area contributed by atoms with Gasteiger partial charge in [-0.2, -0.15) is 0 Å². The number of benzene rings is 2. The van der Waals surface area contributed by atoms with E-state index in [0.717, 1.165) is 16.3 Å². The minimum absolute atomic E-state index is 0.237. The number of tetrazole rings is 1. The van der Waals surface area contributed by atoms with Gasteiger partial charge in [0.15, 0.2) is 5.82 Å². The quantitative estimate of drug-likeness (QED) is 0.793. The summed E-state index contributed by atoms with van der Waals surface area (Å²) < 4.78 is 1.54. The van der Waals surface area contributed by atoms with E-state index in [9.17, 15) is 4.79 Å². The van der Waals surface area contributed by atoms with Crippen molar-refractivity contribution in [2.75, 3.05) is 0 Å². The average Bonchev–Trinajstić information content (AvgIpc) is 2.94. The topological polar surface area (TPSA) is 80.9 Å². The summed E-state index contributed by atoms with van der Waals surface area (Å²) in [5.41, 5.74) is 0.899. The third kappa shape index (κ3) is 2.47. The Morgan fingerprint density at radius 2 is 2.00 bits per heavy atom. The standard InChI is InChI=1S/C15H14N4O2/c1-10(15(20)21)9-19-14(16-17-18-19)13-8-4-6-11-5-2-3-7-12(11)13/h2-8,10H,9H2,1H3,(H,20,21). The summed E-state index contributed by atoms with van der Waals surface area (Å²) in [5.74, 6) is -0.837. The summed E-state index contributed by atoms with van der Waals surface area (Å²) in [4.78, 5) is 11.0. The number of carboxylic acid groups (broad SMARTS) is 1. The Morgan fingerprint density at radius 3 is 2.81 bits per heavy atom. The molecule has 21 heavy (non-hydrogen) atoms. The molecular formula is C15H14N4O2. The Bertz CT molecular complexity index is 792. The first-order valence-corrected chi connectivity index (χ1v) is 6.64. The molecule has 0 saturated carbocycles. The van der Waals surface area contributed by atoms with E-state index in [0.29, 0.717) is 5.82 Å². The Hall–Kier alpha value is -2.76. The number of aliphatic carboxylic acids is 1. The molecule has 1 aromatic heterocycles. The second kappa shape index (κ2) is 5.32. The molecule has 2 aromatic carbocycles. The first-order valence-electron chi connectivity index (χ1n) is 6.64. The minimum Gasteiger partial charge on any atom is -0.481 e. The molecule has 6 nitrogen and oxygen atoms in total. The molecule has 0 spiro atoms. The highest BCUT2D eigenvalue weighted by Gasteiger charge is 2.17. The molecule has 1 atom stereocenters. The molecule has 0 bridgehead atoms. The SMILES string of the molecule is CC(Cn1nnnc1-c1cccc2ccccc12)C(=O)O. The summed E-state index contributed by atoms with van der Waals surface area (Å²) in [5, 5.41) is 22.8. The fourth-order valence-electron chi connectivity index (χ4n) is 2.28. The van der Waals surface area contributed by atoms with E-state index < -0.39 is 11.9 Å². The van der Waals surface area contributed by atoms with Crippen molar-refractivity contribution in [1.29, 1.82) is 0 Å². The van der Waals surface area contributed by atoms with Crippen LogP contribution in [0.25, 0.3) is 22.2 Å². The van der Waals surface area contributed by atoms with Crippen LogP contribution in [-0.4, -0.2) is 31.3 Å². The molecule has 0 saturated heterocycles. The lowest BCUT2D eigenvalue weighted by molar-refractivity contribution is -0.141. The number of fused-ring (bicyclic) bond motifs is 1. The number of hydrogen-bond acceptors (Lipinski definition) is 4. The second-order valence-corrected chi connectivity index (χ2v) is 4.95. The minimum atomic E-state index is -0.866. The Labute approximate surface area is 121 Å². The molecule has 1 heterocycles. The number of rotatable bonds is 4. The van der Waals surface area contributed by atoms with Crippen LogP contribution in [0.2, 0.25) is 0 Å². The molecule has 0 aliphatic rings. The fourth-order valence-corrected chi connectivity index (χ4v) is 2.28. The van der Waals surface area contributed by atoms with Crippen molar-refractivity contribution in [2.45, 2.75) is 13.5 Å². The first-order chi connectivity index (χ1) is 10.2. The molecule has 0 aliphatic carbocycles. The molecule has 1 N–H and O–H groups in total. The van der Waals surface area contributed by atoms with Gasteiger partial charge >= 0.3 is 5.97 Å². The summed E-state index contributed by atoms with van der Waals surface area (Å²) in [6, 6.07) is 13.9. The van der Waals surface area contributed by atoms with Gasteiger partial charge in [0.2, 0.25) is 0 Å². The molecule has 1 unspecified atom stereocenters. The predicted molar refractivity (Wildman–Crippen MR) is 77.6 cm³/mol. The van der Waals surface area contributed by atoms with Gasteiger partial charge in [-0.25, -0.2) is 4.68 Å². The van der Waals surface area contributed by atoms with Crippen molar-refractivity contribution in [3.05, 3.63) is 42.5 Å². The molecule has 0 radical (unpaired) electrons. The second-order valence-electron chi connectivity index (χ2n) is 4.95. The van der Waals surface area contributed by atoms with Crippen LogP contribution >= 0.6 is 0 Å². The van der Waals surface area contributed by atoms with Gasteiger partial charge in [-0.1, -0.05) is 49.4 Å². The zero-order valence-electron chi connectivity index (χ0n) is 11.5. The third-order valence-corrected chi connectivity index (χ3v) is 3.43. The van der Waals surface area contributed by atoms with Crippen LogP contribution in [0.15, 0.2) is 42.5 Å². The zero-order valence-corrected chi connectivity index (χ0v) is 11.5. The van der Waals surface area contributed by atoms with Crippen LogP contribution in [0.3, 0.4) is 0 Å². The van der Waals surface area contributed by atoms with E-state index in [-0.39, 0.29) is 6.54 Å². The van der Waals surface area contributed by atoms with Gasteiger partial charge in [-0.3, -0.25) is 4.79 Å². The van der Waals surface area contributed by atoms with E-state index >= 15 is 0 Å². The lowest BCUT2D eigenvalue weighted by atomic mass is 10.0.